The third-order valence-electron chi connectivity index (χ3n) is 1.79. The molecule has 0 N–H and O–H groups in total. The number of ether oxygens (including phenoxy) is 1. The first-order valence-electron chi connectivity index (χ1n) is 6.08. The van der Waals surface area contributed by atoms with Gasteiger partial charge < -0.3 is 9.53 Å². The van der Waals surface area contributed by atoms with E-state index in [1.807, 2.05) is 25.1 Å². The molecule has 0 aliphatic rings. The molecule has 0 spiro atoms. The number of rotatable bonds is 2. The molecule has 18 heavy (non-hydrogen) atoms. The molecule has 0 amide bonds. The van der Waals surface area contributed by atoms with Gasteiger partial charge in [-0.15, -0.1) is 0 Å². The lowest BCUT2D eigenvalue weighted by atomic mass is 10.2. The van der Waals surface area contributed by atoms with Crippen molar-refractivity contribution in [2.75, 3.05) is 6.61 Å². The van der Waals surface area contributed by atoms with Gasteiger partial charge in [0.05, 0.1) is 6.61 Å². The summed E-state index contributed by atoms with van der Waals surface area (Å²) < 4.78 is 4.40. The van der Waals surface area contributed by atoms with Crippen LogP contribution in [0.15, 0.2) is 30.3 Å². The molecular formula is C15H24O3. The predicted molar refractivity (Wildman–Crippen MR) is 74.5 cm³/mol. The first-order chi connectivity index (χ1) is 8.43. The lowest BCUT2D eigenvalue weighted by molar-refractivity contribution is -0.140. The Morgan fingerprint density at radius 1 is 1.06 bits per heavy atom. The fourth-order valence-electron chi connectivity index (χ4n) is 0.738. The maximum absolute atomic E-state index is 9.82. The quantitative estimate of drug-likeness (QED) is 0.756. The van der Waals surface area contributed by atoms with Crippen LogP contribution in [-0.4, -0.2) is 18.4 Å². The summed E-state index contributed by atoms with van der Waals surface area (Å²) in [5.74, 6) is 0.0440. The van der Waals surface area contributed by atoms with Crippen LogP contribution < -0.4 is 0 Å². The smallest absolute Gasteiger partial charge is 0.302 e. The number of aryl methyl sites for hydroxylation is 1. The van der Waals surface area contributed by atoms with Gasteiger partial charge in [0.2, 0.25) is 0 Å². The van der Waals surface area contributed by atoms with Crippen LogP contribution in [0, 0.1) is 6.92 Å². The van der Waals surface area contributed by atoms with Crippen molar-refractivity contribution in [2.45, 2.75) is 41.0 Å². The first-order valence-corrected chi connectivity index (χ1v) is 6.08. The van der Waals surface area contributed by atoms with Gasteiger partial charge in [0.15, 0.2) is 0 Å². The summed E-state index contributed by atoms with van der Waals surface area (Å²) in [5.41, 5.74) is 1.32. The Morgan fingerprint density at radius 3 is 1.61 bits per heavy atom. The molecule has 3 nitrogen and oxygen atoms in total. The Hall–Kier alpha value is -1.64. The second-order valence-electron chi connectivity index (χ2n) is 3.63. The minimum atomic E-state index is -0.211. The highest BCUT2D eigenvalue weighted by Crippen LogP contribution is 1.92. The number of hydrogen-bond acceptors (Lipinski definition) is 3. The van der Waals surface area contributed by atoms with E-state index in [-0.39, 0.29) is 11.8 Å². The van der Waals surface area contributed by atoms with Crippen LogP contribution >= 0.6 is 0 Å². The van der Waals surface area contributed by atoms with Gasteiger partial charge >= 0.3 is 5.97 Å². The second kappa shape index (κ2) is 13.4. The molecule has 0 heterocycles. The Balaban J connectivity index is 0. The molecule has 0 saturated carbocycles. The molecule has 0 aromatic heterocycles. The summed E-state index contributed by atoms with van der Waals surface area (Å²) in [6.45, 7) is 9.17. The van der Waals surface area contributed by atoms with E-state index < -0.39 is 0 Å². The van der Waals surface area contributed by atoms with Gasteiger partial charge in [-0.05, 0) is 20.8 Å². The van der Waals surface area contributed by atoms with Crippen LogP contribution in [0.4, 0.5) is 0 Å². The average Bonchev–Trinajstić information content (AvgIpc) is 2.31. The van der Waals surface area contributed by atoms with Gasteiger partial charge in [-0.25, -0.2) is 0 Å². The standard InChI is InChI=1S/C7H8.C4H8O2.C4H8O/c1-7-5-3-2-4-6-7;1-3-6-4(2)5;1-3-4(2)5/h2-6H,1H3;3H2,1-2H3;3H2,1-2H3. The number of Topliss-reactive ketones (excluding diaryl/α,β-unsaturated/α-hetero) is 1. The molecule has 1 aromatic rings. The third-order valence-corrected chi connectivity index (χ3v) is 1.79. The molecule has 1 aromatic carbocycles. The van der Waals surface area contributed by atoms with Crippen LogP contribution in [0.3, 0.4) is 0 Å². The van der Waals surface area contributed by atoms with Gasteiger partial charge in [0.1, 0.15) is 5.78 Å². The molecule has 0 saturated heterocycles. The van der Waals surface area contributed by atoms with Crippen molar-refractivity contribution in [2.24, 2.45) is 0 Å². The zero-order valence-corrected chi connectivity index (χ0v) is 12.0. The lowest BCUT2D eigenvalue weighted by Gasteiger charge is -1.89. The summed E-state index contributed by atoms with van der Waals surface area (Å²) >= 11 is 0. The third kappa shape index (κ3) is 19.9. The molecular weight excluding hydrogens is 228 g/mol. The SMILES string of the molecule is CCC(C)=O.CCOC(C)=O.Cc1ccccc1. The van der Waals surface area contributed by atoms with E-state index in [9.17, 15) is 9.59 Å². The number of hydrogen-bond donors (Lipinski definition) is 0. The zero-order chi connectivity index (χ0) is 14.4. The molecule has 0 bridgehead atoms. The Bertz CT molecular complexity index is 318. The summed E-state index contributed by atoms with van der Waals surface area (Å²) in [6.07, 6.45) is 0.667. The highest BCUT2D eigenvalue weighted by atomic mass is 16.5. The predicted octanol–water partition coefficient (Wildman–Crippen LogP) is 3.55. The highest BCUT2D eigenvalue weighted by Gasteiger charge is 1.81. The van der Waals surface area contributed by atoms with Crippen molar-refractivity contribution in [3.05, 3.63) is 35.9 Å². The number of carbonyl (C=O) groups excluding carboxylic acids is 2. The van der Waals surface area contributed by atoms with Crippen molar-refractivity contribution in [1.29, 1.82) is 0 Å². The fourth-order valence-corrected chi connectivity index (χ4v) is 0.738. The van der Waals surface area contributed by atoms with E-state index in [0.717, 1.165) is 0 Å². The minimum Gasteiger partial charge on any atom is -0.466 e. The number of benzene rings is 1. The fraction of sp³-hybridized carbons (Fsp3) is 0.467. The van der Waals surface area contributed by atoms with Gasteiger partial charge in [-0.1, -0.05) is 42.8 Å². The summed E-state index contributed by atoms with van der Waals surface area (Å²) in [5, 5.41) is 0. The Morgan fingerprint density at radius 2 is 1.50 bits per heavy atom. The second-order valence-corrected chi connectivity index (χ2v) is 3.63. The largest absolute Gasteiger partial charge is 0.466 e. The normalized spacial score (nSPS) is 8.06. The number of esters is 1. The van der Waals surface area contributed by atoms with E-state index in [4.69, 9.17) is 0 Å². The van der Waals surface area contributed by atoms with Crippen LogP contribution in [0.1, 0.15) is 39.7 Å². The molecule has 0 radical (unpaired) electrons. The van der Waals surface area contributed by atoms with Crippen molar-refractivity contribution in [1.82, 2.24) is 0 Å². The van der Waals surface area contributed by atoms with Crippen LogP contribution in [0.2, 0.25) is 0 Å². The first kappa shape index (κ1) is 18.7. The molecule has 0 aliphatic heterocycles. The molecule has 0 atom stereocenters. The van der Waals surface area contributed by atoms with Crippen molar-refractivity contribution >= 4 is 11.8 Å². The van der Waals surface area contributed by atoms with Gasteiger partial charge in [-0.3, -0.25) is 4.79 Å². The van der Waals surface area contributed by atoms with Crippen molar-refractivity contribution in [3.8, 4) is 0 Å². The molecule has 1 rings (SSSR count). The maximum Gasteiger partial charge on any atom is 0.302 e. The van der Waals surface area contributed by atoms with Crippen LogP contribution in [-0.2, 0) is 14.3 Å². The zero-order valence-electron chi connectivity index (χ0n) is 12.0. The van der Waals surface area contributed by atoms with Gasteiger partial charge in [0.25, 0.3) is 0 Å². The van der Waals surface area contributed by atoms with Crippen LogP contribution in [0.5, 0.6) is 0 Å². The van der Waals surface area contributed by atoms with E-state index >= 15 is 0 Å². The molecule has 0 aliphatic carbocycles. The Kier molecular flexibility index (Phi) is 14.0. The van der Waals surface area contributed by atoms with Crippen molar-refractivity contribution in [3.63, 3.8) is 0 Å². The van der Waals surface area contributed by atoms with Gasteiger partial charge in [0, 0.05) is 13.3 Å². The monoisotopic (exact) mass is 252 g/mol. The van der Waals surface area contributed by atoms with E-state index in [1.165, 1.54) is 12.5 Å². The molecule has 0 unspecified atom stereocenters. The molecule has 102 valence electrons. The molecule has 0 fully saturated rings. The summed E-state index contributed by atoms with van der Waals surface area (Å²) in [6, 6.07) is 10.3. The average molecular weight is 252 g/mol. The van der Waals surface area contributed by atoms with Gasteiger partial charge in [-0.2, -0.15) is 0 Å². The number of carbonyl (C=O) groups is 2. The minimum absolute atomic E-state index is 0.211. The summed E-state index contributed by atoms with van der Waals surface area (Å²) in [7, 11) is 0. The Labute approximate surface area is 110 Å². The highest BCUT2D eigenvalue weighted by molar-refractivity contribution is 5.74. The summed E-state index contributed by atoms with van der Waals surface area (Å²) in [4.78, 5) is 19.6. The van der Waals surface area contributed by atoms with E-state index in [0.29, 0.717) is 13.0 Å². The van der Waals surface area contributed by atoms with E-state index in [2.05, 4.69) is 23.8 Å². The van der Waals surface area contributed by atoms with Crippen molar-refractivity contribution < 1.29 is 14.3 Å². The topological polar surface area (TPSA) is 43.4 Å². The lowest BCUT2D eigenvalue weighted by Crippen LogP contribution is -1.95. The van der Waals surface area contributed by atoms with E-state index in [1.54, 1.807) is 13.8 Å². The maximum atomic E-state index is 9.82. The molecule has 3 heteroatoms. The van der Waals surface area contributed by atoms with Crippen LogP contribution in [0.25, 0.3) is 0 Å². The number of ketones is 1.